The number of halogens is 1. The van der Waals surface area contributed by atoms with E-state index in [1.54, 1.807) is 19.0 Å². The number of nitrogens with zero attached hydrogens (tertiary/aromatic N) is 3. The van der Waals surface area contributed by atoms with Gasteiger partial charge in [0.25, 0.3) is 5.91 Å². The summed E-state index contributed by atoms with van der Waals surface area (Å²) in [6, 6.07) is 3.84. The van der Waals surface area contributed by atoms with Gasteiger partial charge in [-0.05, 0) is 31.4 Å². The van der Waals surface area contributed by atoms with Crippen LogP contribution in [0.15, 0.2) is 23.7 Å². The van der Waals surface area contributed by atoms with Crippen molar-refractivity contribution in [2.24, 2.45) is 0 Å². The fourth-order valence-corrected chi connectivity index (χ4v) is 3.71. The van der Waals surface area contributed by atoms with Crippen molar-refractivity contribution in [1.82, 2.24) is 14.3 Å². The van der Waals surface area contributed by atoms with E-state index in [9.17, 15) is 4.79 Å². The van der Waals surface area contributed by atoms with Crippen LogP contribution in [0.5, 0.6) is 0 Å². The van der Waals surface area contributed by atoms with E-state index in [1.807, 2.05) is 42.0 Å². The first-order chi connectivity index (χ1) is 10.4. The van der Waals surface area contributed by atoms with Crippen molar-refractivity contribution < 1.29 is 4.79 Å². The molecule has 6 heteroatoms. The fraction of sp³-hybridized carbons (Fsp3) is 0.250. The second-order valence-electron chi connectivity index (χ2n) is 5.45. The first-order valence-electron chi connectivity index (χ1n) is 6.84. The van der Waals surface area contributed by atoms with Crippen LogP contribution in [0.2, 0.25) is 5.02 Å². The summed E-state index contributed by atoms with van der Waals surface area (Å²) in [4.78, 5) is 19.7. The van der Waals surface area contributed by atoms with E-state index in [0.717, 1.165) is 21.8 Å². The number of aryl methyl sites for hydroxylation is 2. The fourth-order valence-electron chi connectivity index (χ4n) is 2.54. The van der Waals surface area contributed by atoms with Gasteiger partial charge < -0.3 is 9.30 Å². The van der Waals surface area contributed by atoms with Gasteiger partial charge in [-0.25, -0.2) is 4.98 Å². The first-order valence-corrected chi connectivity index (χ1v) is 8.10. The molecule has 3 rings (SSSR count). The Balaban J connectivity index is 2.41. The lowest BCUT2D eigenvalue weighted by Crippen LogP contribution is -2.22. The van der Waals surface area contributed by atoms with E-state index in [1.165, 1.54) is 11.3 Å². The van der Waals surface area contributed by atoms with Crippen molar-refractivity contribution in [3.8, 4) is 10.4 Å². The topological polar surface area (TPSA) is 37.6 Å². The van der Waals surface area contributed by atoms with Gasteiger partial charge in [-0.1, -0.05) is 11.6 Å². The number of amides is 1. The molecule has 0 aliphatic carbocycles. The van der Waals surface area contributed by atoms with Gasteiger partial charge in [0.2, 0.25) is 0 Å². The summed E-state index contributed by atoms with van der Waals surface area (Å²) in [5.74, 6) is -0.0699. The zero-order valence-corrected chi connectivity index (χ0v) is 14.4. The Bertz CT molecular complexity index is 879. The van der Waals surface area contributed by atoms with E-state index >= 15 is 0 Å². The summed E-state index contributed by atoms with van der Waals surface area (Å²) < 4.78 is 1.95. The van der Waals surface area contributed by atoms with Gasteiger partial charge in [0.15, 0.2) is 5.65 Å². The second-order valence-corrected chi connectivity index (χ2v) is 6.77. The van der Waals surface area contributed by atoms with Crippen molar-refractivity contribution >= 4 is 34.5 Å². The molecular formula is C16H16ClN3OS. The van der Waals surface area contributed by atoms with Crippen LogP contribution in [0.25, 0.3) is 16.1 Å². The van der Waals surface area contributed by atoms with E-state index in [4.69, 9.17) is 11.6 Å². The number of aromatic nitrogens is 2. The number of thiophene rings is 1. The maximum Gasteiger partial charge on any atom is 0.257 e. The maximum atomic E-state index is 12.7. The van der Waals surface area contributed by atoms with Gasteiger partial charge in [0, 0.05) is 37.2 Å². The standard InChI is InChI=1S/C16H16ClN3OS/c1-9-7-10(2)20-8-11(14-12(17)5-6-22-14)13(15(20)18-9)16(21)19(3)4/h5-8H,1-4H3. The highest BCUT2D eigenvalue weighted by atomic mass is 35.5. The average molecular weight is 334 g/mol. The number of hydrogen-bond acceptors (Lipinski definition) is 3. The Labute approximate surface area is 138 Å². The Morgan fingerprint density at radius 1 is 1.36 bits per heavy atom. The molecule has 0 aromatic carbocycles. The van der Waals surface area contributed by atoms with Gasteiger partial charge in [-0.2, -0.15) is 0 Å². The molecule has 0 N–H and O–H groups in total. The number of fused-ring (bicyclic) bond motifs is 1. The molecule has 22 heavy (non-hydrogen) atoms. The molecule has 0 unspecified atom stereocenters. The van der Waals surface area contributed by atoms with Crippen LogP contribution < -0.4 is 0 Å². The van der Waals surface area contributed by atoms with Crippen molar-refractivity contribution in [2.45, 2.75) is 13.8 Å². The highest BCUT2D eigenvalue weighted by Gasteiger charge is 2.24. The normalized spacial score (nSPS) is 11.1. The molecule has 0 spiro atoms. The van der Waals surface area contributed by atoms with Crippen LogP contribution in [0.4, 0.5) is 0 Å². The number of hydrogen-bond donors (Lipinski definition) is 0. The monoisotopic (exact) mass is 333 g/mol. The van der Waals surface area contributed by atoms with Gasteiger partial charge in [0.05, 0.1) is 15.5 Å². The molecule has 0 aliphatic heterocycles. The molecule has 3 aromatic heterocycles. The first kappa shape index (κ1) is 15.1. The predicted molar refractivity (Wildman–Crippen MR) is 91.0 cm³/mol. The Kier molecular flexibility index (Phi) is 3.70. The molecule has 0 atom stereocenters. The summed E-state index contributed by atoms with van der Waals surface area (Å²) in [5.41, 5.74) is 4.03. The molecule has 4 nitrogen and oxygen atoms in total. The molecule has 3 aromatic rings. The van der Waals surface area contributed by atoms with Crippen LogP contribution in [0, 0.1) is 13.8 Å². The third kappa shape index (κ3) is 2.30. The quantitative estimate of drug-likeness (QED) is 0.710. The molecule has 114 valence electrons. The van der Waals surface area contributed by atoms with Crippen LogP contribution in [-0.2, 0) is 0 Å². The number of carbonyl (C=O) groups excluding carboxylic acids is 1. The Morgan fingerprint density at radius 2 is 2.09 bits per heavy atom. The lowest BCUT2D eigenvalue weighted by Gasteiger charge is -2.11. The van der Waals surface area contributed by atoms with Gasteiger partial charge in [0.1, 0.15) is 0 Å². The zero-order chi connectivity index (χ0) is 16.0. The van der Waals surface area contributed by atoms with Crippen LogP contribution in [-0.4, -0.2) is 34.3 Å². The lowest BCUT2D eigenvalue weighted by atomic mass is 10.1. The maximum absolute atomic E-state index is 12.7. The molecule has 3 heterocycles. The van der Waals surface area contributed by atoms with Crippen LogP contribution in [0.1, 0.15) is 21.7 Å². The molecule has 0 saturated heterocycles. The molecule has 1 amide bonds. The largest absolute Gasteiger partial charge is 0.345 e. The molecular weight excluding hydrogens is 318 g/mol. The van der Waals surface area contributed by atoms with Crippen LogP contribution >= 0.6 is 22.9 Å². The zero-order valence-electron chi connectivity index (χ0n) is 12.8. The van der Waals surface area contributed by atoms with Crippen molar-refractivity contribution in [1.29, 1.82) is 0 Å². The number of rotatable bonds is 2. The molecule has 0 saturated carbocycles. The van der Waals surface area contributed by atoms with Crippen molar-refractivity contribution in [3.05, 3.63) is 45.7 Å². The van der Waals surface area contributed by atoms with Gasteiger partial charge >= 0.3 is 0 Å². The minimum atomic E-state index is -0.0699. The molecule has 0 bridgehead atoms. The number of carbonyl (C=O) groups is 1. The molecule has 0 fully saturated rings. The van der Waals surface area contributed by atoms with Crippen molar-refractivity contribution in [2.75, 3.05) is 14.1 Å². The minimum Gasteiger partial charge on any atom is -0.345 e. The van der Waals surface area contributed by atoms with E-state index in [2.05, 4.69) is 4.98 Å². The Hall–Kier alpha value is -1.85. The third-order valence-electron chi connectivity index (χ3n) is 3.54. The summed E-state index contributed by atoms with van der Waals surface area (Å²) in [6.45, 7) is 3.94. The Morgan fingerprint density at radius 3 is 2.68 bits per heavy atom. The van der Waals surface area contributed by atoms with E-state index < -0.39 is 0 Å². The van der Waals surface area contributed by atoms with Crippen LogP contribution in [0.3, 0.4) is 0 Å². The summed E-state index contributed by atoms with van der Waals surface area (Å²) in [5, 5.41) is 2.58. The second kappa shape index (κ2) is 5.41. The molecule has 0 radical (unpaired) electrons. The highest BCUT2D eigenvalue weighted by molar-refractivity contribution is 7.14. The van der Waals surface area contributed by atoms with Crippen molar-refractivity contribution in [3.63, 3.8) is 0 Å². The smallest absolute Gasteiger partial charge is 0.257 e. The third-order valence-corrected chi connectivity index (χ3v) is 4.92. The average Bonchev–Trinajstić information content (AvgIpc) is 3.01. The summed E-state index contributed by atoms with van der Waals surface area (Å²) in [7, 11) is 3.49. The predicted octanol–water partition coefficient (Wildman–Crippen LogP) is 4.03. The highest BCUT2D eigenvalue weighted by Crippen LogP contribution is 2.38. The lowest BCUT2D eigenvalue weighted by molar-refractivity contribution is 0.0830. The minimum absolute atomic E-state index is 0.0699. The summed E-state index contributed by atoms with van der Waals surface area (Å²) in [6.07, 6.45) is 1.95. The van der Waals surface area contributed by atoms with Gasteiger partial charge in [-0.3, -0.25) is 4.79 Å². The van der Waals surface area contributed by atoms with E-state index in [0.29, 0.717) is 16.2 Å². The molecule has 0 aliphatic rings. The summed E-state index contributed by atoms with van der Waals surface area (Å²) >= 11 is 7.81. The van der Waals surface area contributed by atoms with Gasteiger partial charge in [-0.15, -0.1) is 11.3 Å². The van der Waals surface area contributed by atoms with E-state index in [-0.39, 0.29) is 5.91 Å². The SMILES string of the molecule is Cc1cc(C)n2cc(-c3sccc3Cl)c(C(=O)N(C)C)c2n1.